The van der Waals surface area contributed by atoms with Gasteiger partial charge in [0.05, 0.1) is 11.6 Å². The number of hydrogen-bond acceptors (Lipinski definition) is 6. The summed E-state index contributed by atoms with van der Waals surface area (Å²) in [6.45, 7) is 0. The van der Waals surface area contributed by atoms with Crippen molar-refractivity contribution in [2.24, 2.45) is 0 Å². The smallest absolute Gasteiger partial charge is 0.164 e. The van der Waals surface area contributed by atoms with Crippen molar-refractivity contribution >= 4 is 43.9 Å². The van der Waals surface area contributed by atoms with E-state index in [0.29, 0.717) is 23.0 Å². The number of benzene rings is 8. The van der Waals surface area contributed by atoms with Crippen LogP contribution >= 0.6 is 0 Å². The quantitative estimate of drug-likeness (QED) is 0.168. The van der Waals surface area contributed by atoms with Crippen LogP contribution in [0.3, 0.4) is 0 Å². The van der Waals surface area contributed by atoms with Crippen LogP contribution in [0.5, 0.6) is 0 Å². The van der Waals surface area contributed by atoms with E-state index in [1.165, 1.54) is 11.1 Å². The normalized spacial score (nSPS) is 11.4. The fraction of sp³-hybridized carbons (Fsp3) is 0. The summed E-state index contributed by atoms with van der Waals surface area (Å²) in [6.07, 6.45) is 0. The number of rotatable bonds is 6. The van der Waals surface area contributed by atoms with Crippen LogP contribution in [0.15, 0.2) is 191 Å². The van der Waals surface area contributed by atoms with Crippen molar-refractivity contribution in [1.82, 2.24) is 15.0 Å². The standard InChI is InChI=1S/C52H30N4O2/c53-31-32-10-6-13-36(28-32)37-14-7-15-38(29-37)50-54-51(56-52(55-50)43-18-9-21-46-49(43)41-16-4-5-19-44(41)57-46)39-26-27-42-47(30-39)58-45-20-8-17-40(48(42)45)35-24-22-34(23-25-35)33-11-2-1-3-12-33/h1-30H. The molecule has 11 rings (SSSR count). The molecule has 8 aromatic carbocycles. The van der Waals surface area contributed by atoms with Crippen molar-refractivity contribution in [3.8, 4) is 73.6 Å². The van der Waals surface area contributed by atoms with Gasteiger partial charge in [-0.15, -0.1) is 0 Å². The molecule has 0 saturated heterocycles. The maximum absolute atomic E-state index is 9.57. The zero-order chi connectivity index (χ0) is 38.6. The van der Waals surface area contributed by atoms with Crippen molar-refractivity contribution in [3.05, 3.63) is 188 Å². The molecule has 0 aliphatic rings. The number of furan rings is 2. The van der Waals surface area contributed by atoms with Crippen LogP contribution in [0.2, 0.25) is 0 Å². The average molecular weight is 743 g/mol. The lowest BCUT2D eigenvalue weighted by molar-refractivity contribution is 0.668. The lowest BCUT2D eigenvalue weighted by Gasteiger charge is -2.10. The molecule has 0 aliphatic heterocycles. The van der Waals surface area contributed by atoms with Crippen molar-refractivity contribution in [1.29, 1.82) is 5.26 Å². The number of fused-ring (bicyclic) bond motifs is 6. The first-order chi connectivity index (χ1) is 28.7. The molecule has 11 aromatic rings. The molecule has 3 heterocycles. The van der Waals surface area contributed by atoms with Gasteiger partial charge in [-0.25, -0.2) is 15.0 Å². The maximum Gasteiger partial charge on any atom is 0.164 e. The van der Waals surface area contributed by atoms with Crippen molar-refractivity contribution in [2.75, 3.05) is 0 Å². The number of aromatic nitrogens is 3. The van der Waals surface area contributed by atoms with Crippen LogP contribution in [-0.2, 0) is 0 Å². The fourth-order valence-electron chi connectivity index (χ4n) is 8.00. The van der Waals surface area contributed by atoms with Crippen LogP contribution in [0, 0.1) is 11.3 Å². The summed E-state index contributed by atoms with van der Waals surface area (Å²) in [5.41, 5.74) is 12.6. The number of nitriles is 1. The average Bonchev–Trinajstić information content (AvgIpc) is 3.88. The molecule has 6 nitrogen and oxygen atoms in total. The Kier molecular flexibility index (Phi) is 7.76. The Labute approximate surface area is 333 Å². The first-order valence-electron chi connectivity index (χ1n) is 19.1. The van der Waals surface area contributed by atoms with Gasteiger partial charge in [-0.3, -0.25) is 0 Å². The maximum atomic E-state index is 9.57. The second kappa shape index (κ2) is 13.6. The Morgan fingerprint density at radius 1 is 0.345 bits per heavy atom. The zero-order valence-electron chi connectivity index (χ0n) is 30.9. The highest BCUT2D eigenvalue weighted by Gasteiger charge is 2.20. The molecule has 0 bridgehead atoms. The molecule has 0 saturated carbocycles. The molecule has 0 amide bonds. The summed E-state index contributed by atoms with van der Waals surface area (Å²) in [5.74, 6) is 1.56. The summed E-state index contributed by atoms with van der Waals surface area (Å²) in [7, 11) is 0. The molecule has 0 N–H and O–H groups in total. The molecular formula is C52H30N4O2. The molecular weight excluding hydrogens is 713 g/mol. The second-order valence-electron chi connectivity index (χ2n) is 14.3. The zero-order valence-corrected chi connectivity index (χ0v) is 30.9. The first kappa shape index (κ1) is 33.2. The van der Waals surface area contributed by atoms with Gasteiger partial charge in [-0.2, -0.15) is 5.26 Å². The Bertz CT molecular complexity index is 3410. The van der Waals surface area contributed by atoms with Crippen LogP contribution in [-0.4, -0.2) is 15.0 Å². The first-order valence-corrected chi connectivity index (χ1v) is 19.1. The minimum absolute atomic E-state index is 0.515. The monoisotopic (exact) mass is 742 g/mol. The van der Waals surface area contributed by atoms with Crippen molar-refractivity contribution in [2.45, 2.75) is 0 Å². The number of nitrogens with zero attached hydrogens (tertiary/aromatic N) is 4. The fourth-order valence-corrected chi connectivity index (χ4v) is 8.00. The number of hydrogen-bond donors (Lipinski definition) is 0. The van der Waals surface area contributed by atoms with Gasteiger partial charge < -0.3 is 8.83 Å². The summed E-state index contributed by atoms with van der Waals surface area (Å²) in [4.78, 5) is 15.4. The van der Waals surface area contributed by atoms with E-state index in [2.05, 4.69) is 84.9 Å². The Morgan fingerprint density at radius 3 is 1.66 bits per heavy atom. The van der Waals surface area contributed by atoms with E-state index < -0.39 is 0 Å². The summed E-state index contributed by atoms with van der Waals surface area (Å²) >= 11 is 0. The van der Waals surface area contributed by atoms with Gasteiger partial charge in [0.2, 0.25) is 0 Å². The predicted octanol–water partition coefficient (Wildman–Crippen LogP) is 13.5. The van der Waals surface area contributed by atoms with Crippen LogP contribution in [0.1, 0.15) is 5.56 Å². The van der Waals surface area contributed by atoms with Crippen molar-refractivity contribution < 1.29 is 8.83 Å². The molecule has 0 radical (unpaired) electrons. The minimum atomic E-state index is 0.515. The van der Waals surface area contributed by atoms with Crippen molar-refractivity contribution in [3.63, 3.8) is 0 Å². The van der Waals surface area contributed by atoms with Gasteiger partial charge >= 0.3 is 0 Å². The Balaban J connectivity index is 1.07. The molecule has 0 unspecified atom stereocenters. The van der Waals surface area contributed by atoms with E-state index in [4.69, 9.17) is 23.8 Å². The summed E-state index contributed by atoms with van der Waals surface area (Å²) in [5, 5.41) is 13.6. The van der Waals surface area contributed by atoms with E-state index >= 15 is 0 Å². The topological polar surface area (TPSA) is 88.7 Å². The van der Waals surface area contributed by atoms with Gasteiger partial charge in [-0.1, -0.05) is 133 Å². The lowest BCUT2D eigenvalue weighted by Crippen LogP contribution is -2.00. The highest BCUT2D eigenvalue weighted by atomic mass is 16.3. The van der Waals surface area contributed by atoms with Crippen LogP contribution < -0.4 is 0 Å². The number of para-hydroxylation sites is 1. The minimum Gasteiger partial charge on any atom is -0.456 e. The predicted molar refractivity (Wildman–Crippen MR) is 232 cm³/mol. The lowest BCUT2D eigenvalue weighted by atomic mass is 9.96. The Hall–Kier alpha value is -8.14. The largest absolute Gasteiger partial charge is 0.456 e. The van der Waals surface area contributed by atoms with Gasteiger partial charge in [-0.05, 0) is 81.9 Å². The van der Waals surface area contributed by atoms with Gasteiger partial charge in [0.15, 0.2) is 17.5 Å². The van der Waals surface area contributed by atoms with Crippen LogP contribution in [0.4, 0.5) is 0 Å². The highest BCUT2D eigenvalue weighted by Crippen LogP contribution is 2.40. The molecule has 6 heteroatoms. The molecule has 270 valence electrons. The van der Waals surface area contributed by atoms with Crippen LogP contribution in [0.25, 0.3) is 111 Å². The van der Waals surface area contributed by atoms with Gasteiger partial charge in [0.1, 0.15) is 22.3 Å². The highest BCUT2D eigenvalue weighted by molar-refractivity contribution is 6.13. The van der Waals surface area contributed by atoms with E-state index in [0.717, 1.165) is 82.8 Å². The second-order valence-corrected chi connectivity index (χ2v) is 14.3. The van der Waals surface area contributed by atoms with E-state index in [-0.39, 0.29) is 0 Å². The van der Waals surface area contributed by atoms with E-state index in [1.54, 1.807) is 6.07 Å². The summed E-state index contributed by atoms with van der Waals surface area (Å²) in [6, 6.07) is 63.5. The van der Waals surface area contributed by atoms with Gasteiger partial charge in [0.25, 0.3) is 0 Å². The molecule has 0 fully saturated rings. The van der Waals surface area contributed by atoms with E-state index in [1.807, 2.05) is 97.1 Å². The third-order valence-corrected chi connectivity index (χ3v) is 10.8. The van der Waals surface area contributed by atoms with E-state index in [9.17, 15) is 5.26 Å². The molecule has 0 aliphatic carbocycles. The third-order valence-electron chi connectivity index (χ3n) is 10.8. The molecule has 3 aromatic heterocycles. The third kappa shape index (κ3) is 5.69. The van der Waals surface area contributed by atoms with Gasteiger partial charge in [0, 0.05) is 38.2 Å². The Morgan fingerprint density at radius 2 is 0.862 bits per heavy atom. The SMILES string of the molecule is N#Cc1cccc(-c2cccc(-c3nc(-c4ccc5c(c4)oc4cccc(-c6ccc(-c7ccccc7)cc6)c45)nc(-c4cccc5oc6ccccc6c45)n3)c2)c1. The molecule has 0 atom stereocenters. The molecule has 58 heavy (non-hydrogen) atoms. The summed E-state index contributed by atoms with van der Waals surface area (Å²) < 4.78 is 12.8. The molecule has 0 spiro atoms.